The van der Waals surface area contributed by atoms with E-state index in [4.69, 9.17) is 0 Å². The van der Waals surface area contributed by atoms with Crippen LogP contribution >= 0.6 is 11.3 Å². The van der Waals surface area contributed by atoms with Crippen LogP contribution in [-0.2, 0) is 9.84 Å². The van der Waals surface area contributed by atoms with Crippen LogP contribution in [0.3, 0.4) is 0 Å². The Morgan fingerprint density at radius 1 is 1.52 bits per heavy atom. The summed E-state index contributed by atoms with van der Waals surface area (Å²) in [7, 11) is -3.04. The lowest BCUT2D eigenvalue weighted by molar-refractivity contribution is 0.0697. The van der Waals surface area contributed by atoms with Gasteiger partial charge in [0.15, 0.2) is 9.84 Å². The molecule has 3 rings (SSSR count). The van der Waals surface area contributed by atoms with Crippen molar-refractivity contribution in [3.05, 3.63) is 28.8 Å². The number of aromatic carboxylic acids is 1. The zero-order valence-electron chi connectivity index (χ0n) is 11.3. The Balaban J connectivity index is 2.06. The zero-order chi connectivity index (χ0) is 15.2. The van der Waals surface area contributed by atoms with Gasteiger partial charge in [0.05, 0.1) is 22.4 Å². The Kier molecular flexibility index (Phi) is 3.37. The standard InChI is InChI=1S/C13H14N2O4S2/c1-8-2-4-20-12(8)11-10(13(16)17)6-15(14-11)9-3-5-21(18,19)7-9/h2,4,6,9H,3,5,7H2,1H3,(H,16,17). The predicted octanol–water partition coefficient (Wildman–Crippen LogP) is 1.98. The Hall–Kier alpha value is -1.67. The lowest BCUT2D eigenvalue weighted by atomic mass is 10.1. The van der Waals surface area contributed by atoms with E-state index in [0.717, 1.165) is 10.4 Å². The lowest BCUT2D eigenvalue weighted by Crippen LogP contribution is -2.11. The number of hydrogen-bond donors (Lipinski definition) is 1. The van der Waals surface area contributed by atoms with Crippen molar-refractivity contribution in [1.82, 2.24) is 9.78 Å². The molecule has 0 spiro atoms. The van der Waals surface area contributed by atoms with E-state index in [1.54, 1.807) is 0 Å². The minimum atomic E-state index is -3.04. The van der Waals surface area contributed by atoms with E-state index in [9.17, 15) is 18.3 Å². The topological polar surface area (TPSA) is 89.3 Å². The number of aryl methyl sites for hydroxylation is 1. The molecule has 0 amide bonds. The molecule has 3 heterocycles. The van der Waals surface area contributed by atoms with Gasteiger partial charge < -0.3 is 5.11 Å². The van der Waals surface area contributed by atoms with Crippen molar-refractivity contribution >= 4 is 27.1 Å². The first-order valence-electron chi connectivity index (χ1n) is 6.45. The Labute approximate surface area is 126 Å². The minimum absolute atomic E-state index is 0.0244. The summed E-state index contributed by atoms with van der Waals surface area (Å²) in [6.45, 7) is 1.90. The molecule has 6 nitrogen and oxygen atoms in total. The highest BCUT2D eigenvalue weighted by atomic mass is 32.2. The number of carboxylic acids is 1. The second-order valence-electron chi connectivity index (χ2n) is 5.17. The molecule has 2 aromatic heterocycles. The maximum atomic E-state index is 11.6. The third-order valence-electron chi connectivity index (χ3n) is 3.62. The Bertz CT molecular complexity index is 804. The number of rotatable bonds is 3. The summed E-state index contributed by atoms with van der Waals surface area (Å²) in [4.78, 5) is 12.2. The summed E-state index contributed by atoms with van der Waals surface area (Å²) in [6.07, 6.45) is 1.92. The molecule has 1 atom stereocenters. The van der Waals surface area contributed by atoms with Crippen molar-refractivity contribution in [3.8, 4) is 10.6 Å². The van der Waals surface area contributed by atoms with E-state index >= 15 is 0 Å². The monoisotopic (exact) mass is 326 g/mol. The molecule has 1 N–H and O–H groups in total. The van der Waals surface area contributed by atoms with E-state index in [1.807, 2.05) is 18.4 Å². The highest BCUT2D eigenvalue weighted by molar-refractivity contribution is 7.91. The smallest absolute Gasteiger partial charge is 0.339 e. The molecule has 0 radical (unpaired) electrons. The van der Waals surface area contributed by atoms with E-state index in [1.165, 1.54) is 22.2 Å². The second kappa shape index (κ2) is 4.96. The van der Waals surface area contributed by atoms with Gasteiger partial charge in [-0.2, -0.15) is 5.10 Å². The largest absolute Gasteiger partial charge is 0.478 e. The van der Waals surface area contributed by atoms with E-state index in [2.05, 4.69) is 5.10 Å². The fourth-order valence-corrected chi connectivity index (χ4v) is 5.13. The molecule has 0 aliphatic carbocycles. The molecule has 8 heteroatoms. The van der Waals surface area contributed by atoms with Gasteiger partial charge in [-0.25, -0.2) is 13.2 Å². The molecular formula is C13H14N2O4S2. The summed E-state index contributed by atoms with van der Waals surface area (Å²) >= 11 is 1.43. The summed E-state index contributed by atoms with van der Waals surface area (Å²) in [5.41, 5.74) is 1.50. The first-order valence-corrected chi connectivity index (χ1v) is 9.15. The van der Waals surface area contributed by atoms with Crippen LogP contribution in [0, 0.1) is 6.92 Å². The molecule has 1 unspecified atom stereocenters. The number of nitrogens with zero attached hydrogens (tertiary/aromatic N) is 2. The Morgan fingerprint density at radius 2 is 2.29 bits per heavy atom. The van der Waals surface area contributed by atoms with Crippen molar-refractivity contribution in [2.45, 2.75) is 19.4 Å². The maximum absolute atomic E-state index is 11.6. The molecule has 2 aromatic rings. The van der Waals surface area contributed by atoms with Crippen LogP contribution in [-0.4, -0.2) is 40.8 Å². The number of carbonyl (C=O) groups is 1. The fraction of sp³-hybridized carbons (Fsp3) is 0.385. The molecule has 0 saturated carbocycles. The van der Waals surface area contributed by atoms with E-state index < -0.39 is 15.8 Å². The summed E-state index contributed by atoms with van der Waals surface area (Å²) in [5, 5.41) is 15.6. The molecule has 21 heavy (non-hydrogen) atoms. The predicted molar refractivity (Wildman–Crippen MR) is 79.5 cm³/mol. The van der Waals surface area contributed by atoms with Crippen LogP contribution < -0.4 is 0 Å². The van der Waals surface area contributed by atoms with Gasteiger partial charge in [0.1, 0.15) is 11.3 Å². The number of sulfone groups is 1. The van der Waals surface area contributed by atoms with E-state index in [0.29, 0.717) is 12.1 Å². The molecule has 112 valence electrons. The normalized spacial score (nSPS) is 20.7. The summed E-state index contributed by atoms with van der Waals surface area (Å²) in [5.74, 6) is -0.894. The number of aromatic nitrogens is 2. The van der Waals surface area contributed by atoms with Crippen molar-refractivity contribution < 1.29 is 18.3 Å². The van der Waals surface area contributed by atoms with Crippen LogP contribution in [0.2, 0.25) is 0 Å². The first-order chi connectivity index (χ1) is 9.87. The van der Waals surface area contributed by atoms with Crippen molar-refractivity contribution in [2.24, 2.45) is 0 Å². The molecular weight excluding hydrogens is 312 g/mol. The fourth-order valence-electron chi connectivity index (χ4n) is 2.50. The average Bonchev–Trinajstić information content (AvgIpc) is 3.06. The third kappa shape index (κ3) is 2.60. The van der Waals surface area contributed by atoms with Gasteiger partial charge in [-0.3, -0.25) is 4.68 Å². The van der Waals surface area contributed by atoms with Crippen molar-refractivity contribution in [2.75, 3.05) is 11.5 Å². The Morgan fingerprint density at radius 3 is 2.81 bits per heavy atom. The second-order valence-corrected chi connectivity index (χ2v) is 8.31. The molecule has 1 saturated heterocycles. The molecule has 0 aromatic carbocycles. The zero-order valence-corrected chi connectivity index (χ0v) is 12.9. The van der Waals surface area contributed by atoms with Crippen LogP contribution in [0.15, 0.2) is 17.6 Å². The molecule has 0 bridgehead atoms. The van der Waals surface area contributed by atoms with Crippen LogP contribution in [0.4, 0.5) is 0 Å². The van der Waals surface area contributed by atoms with Gasteiger partial charge in [0, 0.05) is 6.20 Å². The van der Waals surface area contributed by atoms with Gasteiger partial charge in [-0.1, -0.05) is 0 Å². The van der Waals surface area contributed by atoms with Crippen molar-refractivity contribution in [3.63, 3.8) is 0 Å². The van der Waals surface area contributed by atoms with Crippen LogP contribution in [0.25, 0.3) is 10.6 Å². The number of thiophene rings is 1. The summed E-state index contributed by atoms with van der Waals surface area (Å²) in [6, 6.07) is 1.63. The molecule has 1 fully saturated rings. The molecule has 1 aliphatic rings. The first kappa shape index (κ1) is 14.3. The number of hydrogen-bond acceptors (Lipinski definition) is 5. The number of carboxylic acid groups (broad SMARTS) is 1. The maximum Gasteiger partial charge on any atom is 0.339 e. The highest BCUT2D eigenvalue weighted by Gasteiger charge is 2.31. The highest BCUT2D eigenvalue weighted by Crippen LogP contribution is 2.32. The SMILES string of the molecule is Cc1ccsc1-c1nn(C2CCS(=O)(=O)C2)cc1C(=O)O. The lowest BCUT2D eigenvalue weighted by Gasteiger charge is -2.07. The van der Waals surface area contributed by atoms with E-state index in [-0.39, 0.29) is 23.1 Å². The average molecular weight is 326 g/mol. The third-order valence-corrected chi connectivity index (χ3v) is 6.40. The van der Waals surface area contributed by atoms with Crippen LogP contribution in [0.5, 0.6) is 0 Å². The molecule has 1 aliphatic heterocycles. The van der Waals surface area contributed by atoms with Gasteiger partial charge in [-0.05, 0) is 30.4 Å². The van der Waals surface area contributed by atoms with Gasteiger partial charge in [0.2, 0.25) is 0 Å². The summed E-state index contributed by atoms with van der Waals surface area (Å²) < 4.78 is 24.6. The van der Waals surface area contributed by atoms with Gasteiger partial charge >= 0.3 is 5.97 Å². The van der Waals surface area contributed by atoms with Crippen molar-refractivity contribution in [1.29, 1.82) is 0 Å². The van der Waals surface area contributed by atoms with Gasteiger partial charge in [-0.15, -0.1) is 11.3 Å². The minimum Gasteiger partial charge on any atom is -0.478 e. The van der Waals surface area contributed by atoms with Crippen LogP contribution in [0.1, 0.15) is 28.4 Å². The quantitative estimate of drug-likeness (QED) is 0.931. The van der Waals surface area contributed by atoms with Gasteiger partial charge in [0.25, 0.3) is 0 Å².